The van der Waals surface area contributed by atoms with Crippen LogP contribution in [0.4, 0.5) is 0 Å². The summed E-state index contributed by atoms with van der Waals surface area (Å²) in [5, 5.41) is 4.31. The number of hydrogen-bond donors (Lipinski definition) is 0. The molecule has 0 N–H and O–H groups in total. The molecule has 0 radical (unpaired) electrons. The SMILES string of the molecule is Cc1ncc(-c2ccncc2C)c([C@@H]2CCCCN2C(=O)c2ccn(C)n2)n1. The van der Waals surface area contributed by atoms with Crippen LogP contribution < -0.4 is 0 Å². The topological polar surface area (TPSA) is 76.8 Å². The summed E-state index contributed by atoms with van der Waals surface area (Å²) < 4.78 is 1.66. The summed E-state index contributed by atoms with van der Waals surface area (Å²) in [4.78, 5) is 28.5. The van der Waals surface area contributed by atoms with Crippen molar-refractivity contribution in [1.82, 2.24) is 29.6 Å². The molecule has 0 saturated carbocycles. The summed E-state index contributed by atoms with van der Waals surface area (Å²) >= 11 is 0. The second kappa shape index (κ2) is 7.50. The lowest BCUT2D eigenvalue weighted by Crippen LogP contribution is -2.39. The van der Waals surface area contributed by atoms with Crippen molar-refractivity contribution in [3.8, 4) is 11.1 Å². The van der Waals surface area contributed by atoms with Gasteiger partial charge in [-0.2, -0.15) is 5.10 Å². The van der Waals surface area contributed by atoms with Crippen molar-refractivity contribution in [3.63, 3.8) is 0 Å². The third-order valence-electron chi connectivity index (χ3n) is 5.26. The Morgan fingerprint density at radius 2 is 2.00 bits per heavy atom. The van der Waals surface area contributed by atoms with Crippen LogP contribution in [0.5, 0.6) is 0 Å². The second-order valence-corrected chi connectivity index (χ2v) is 7.29. The molecule has 0 aromatic carbocycles. The van der Waals surface area contributed by atoms with E-state index in [-0.39, 0.29) is 11.9 Å². The van der Waals surface area contributed by atoms with Crippen molar-refractivity contribution >= 4 is 5.91 Å². The van der Waals surface area contributed by atoms with E-state index >= 15 is 0 Å². The first kappa shape index (κ1) is 18.3. The van der Waals surface area contributed by atoms with Crippen molar-refractivity contribution in [1.29, 1.82) is 0 Å². The number of hydrogen-bond acceptors (Lipinski definition) is 5. The summed E-state index contributed by atoms with van der Waals surface area (Å²) in [6.07, 6.45) is 10.2. The molecule has 144 valence electrons. The Morgan fingerprint density at radius 1 is 1.14 bits per heavy atom. The Bertz CT molecular complexity index is 1010. The molecule has 7 nitrogen and oxygen atoms in total. The van der Waals surface area contributed by atoms with Gasteiger partial charge in [0.15, 0.2) is 0 Å². The van der Waals surface area contributed by atoms with Crippen molar-refractivity contribution in [3.05, 3.63) is 59.7 Å². The van der Waals surface area contributed by atoms with Crippen LogP contribution >= 0.6 is 0 Å². The zero-order valence-electron chi connectivity index (χ0n) is 16.5. The highest BCUT2D eigenvalue weighted by Crippen LogP contribution is 2.37. The van der Waals surface area contributed by atoms with Gasteiger partial charge < -0.3 is 4.90 Å². The highest BCUT2D eigenvalue weighted by atomic mass is 16.2. The third-order valence-corrected chi connectivity index (χ3v) is 5.26. The van der Waals surface area contributed by atoms with Crippen LogP contribution in [0.25, 0.3) is 11.1 Å². The maximum Gasteiger partial charge on any atom is 0.274 e. The summed E-state index contributed by atoms with van der Waals surface area (Å²) in [5.74, 6) is 0.667. The third kappa shape index (κ3) is 3.40. The van der Waals surface area contributed by atoms with E-state index in [2.05, 4.69) is 15.1 Å². The van der Waals surface area contributed by atoms with Crippen LogP contribution in [0.15, 0.2) is 36.9 Å². The molecule has 0 bridgehead atoms. The van der Waals surface area contributed by atoms with E-state index in [1.165, 1.54) is 0 Å². The van der Waals surface area contributed by atoms with E-state index in [1.807, 2.05) is 44.3 Å². The summed E-state index contributed by atoms with van der Waals surface area (Å²) in [6.45, 7) is 4.63. The van der Waals surface area contributed by atoms with Crippen molar-refractivity contribution in [2.24, 2.45) is 7.05 Å². The summed E-state index contributed by atoms with van der Waals surface area (Å²) in [6, 6.07) is 3.67. The summed E-state index contributed by atoms with van der Waals surface area (Å²) in [5.41, 5.74) is 4.47. The molecule has 1 aliphatic heterocycles. The van der Waals surface area contributed by atoms with Gasteiger partial charge in [-0.05, 0) is 56.4 Å². The zero-order chi connectivity index (χ0) is 19.7. The molecule has 0 spiro atoms. The van der Waals surface area contributed by atoms with Gasteiger partial charge in [0.2, 0.25) is 0 Å². The normalized spacial score (nSPS) is 17.0. The Morgan fingerprint density at radius 3 is 2.75 bits per heavy atom. The van der Waals surface area contributed by atoms with Gasteiger partial charge in [0.1, 0.15) is 11.5 Å². The highest BCUT2D eigenvalue weighted by molar-refractivity contribution is 5.92. The molecule has 1 amide bonds. The predicted molar refractivity (Wildman–Crippen MR) is 106 cm³/mol. The van der Waals surface area contributed by atoms with E-state index in [4.69, 9.17) is 4.98 Å². The lowest BCUT2D eigenvalue weighted by Gasteiger charge is -2.36. The molecule has 1 atom stereocenters. The first-order valence-electron chi connectivity index (χ1n) is 9.59. The smallest absolute Gasteiger partial charge is 0.274 e. The van der Waals surface area contributed by atoms with Gasteiger partial charge in [0, 0.05) is 43.9 Å². The molecule has 7 heteroatoms. The minimum Gasteiger partial charge on any atom is -0.329 e. The number of amides is 1. The fourth-order valence-electron chi connectivity index (χ4n) is 3.86. The number of aromatic nitrogens is 5. The molecule has 1 saturated heterocycles. The number of pyridine rings is 1. The minimum absolute atomic E-state index is 0.0426. The predicted octanol–water partition coefficient (Wildman–Crippen LogP) is 3.26. The van der Waals surface area contributed by atoms with E-state index in [1.54, 1.807) is 23.1 Å². The molecule has 3 aromatic rings. The van der Waals surface area contributed by atoms with E-state index < -0.39 is 0 Å². The molecule has 3 aromatic heterocycles. The van der Waals surface area contributed by atoms with Crippen molar-refractivity contribution in [2.45, 2.75) is 39.2 Å². The first-order chi connectivity index (χ1) is 13.5. The van der Waals surface area contributed by atoms with Crippen LogP contribution in [-0.2, 0) is 7.05 Å². The molecule has 1 fully saturated rings. The van der Waals surface area contributed by atoms with Crippen LogP contribution in [-0.4, -0.2) is 42.1 Å². The molecule has 28 heavy (non-hydrogen) atoms. The number of aryl methyl sites for hydroxylation is 3. The van der Waals surface area contributed by atoms with E-state index in [9.17, 15) is 4.79 Å². The lowest BCUT2D eigenvalue weighted by molar-refractivity contribution is 0.0599. The number of piperidine rings is 1. The van der Waals surface area contributed by atoms with Gasteiger partial charge >= 0.3 is 0 Å². The first-order valence-corrected chi connectivity index (χ1v) is 9.59. The monoisotopic (exact) mass is 376 g/mol. The molecule has 4 heterocycles. The average molecular weight is 376 g/mol. The second-order valence-electron chi connectivity index (χ2n) is 7.29. The van der Waals surface area contributed by atoms with Gasteiger partial charge in [0.05, 0.1) is 11.7 Å². The fourth-order valence-corrected chi connectivity index (χ4v) is 3.86. The van der Waals surface area contributed by atoms with Crippen LogP contribution in [0, 0.1) is 13.8 Å². The summed E-state index contributed by atoms with van der Waals surface area (Å²) in [7, 11) is 1.82. The zero-order valence-corrected chi connectivity index (χ0v) is 16.5. The maximum atomic E-state index is 13.2. The standard InChI is InChI=1S/C21H24N6O/c1-14-12-22-9-7-16(14)17-13-23-15(2)24-20(17)19-6-4-5-10-27(19)21(28)18-8-11-26(3)25-18/h7-9,11-13,19H,4-6,10H2,1-3H3/t19-/m0/s1. The highest BCUT2D eigenvalue weighted by Gasteiger charge is 2.32. The molecule has 0 aliphatic carbocycles. The molecular weight excluding hydrogens is 352 g/mol. The Kier molecular flexibility index (Phi) is 4.90. The quantitative estimate of drug-likeness (QED) is 0.701. The maximum absolute atomic E-state index is 13.2. The largest absolute Gasteiger partial charge is 0.329 e. The molecule has 4 rings (SSSR count). The number of carbonyl (C=O) groups excluding carboxylic acids is 1. The number of nitrogens with zero attached hydrogens (tertiary/aromatic N) is 6. The van der Waals surface area contributed by atoms with Crippen LogP contribution in [0.2, 0.25) is 0 Å². The Labute approximate surface area is 164 Å². The number of carbonyl (C=O) groups is 1. The minimum atomic E-state index is -0.0903. The van der Waals surface area contributed by atoms with Gasteiger partial charge in [-0.1, -0.05) is 0 Å². The Balaban J connectivity index is 1.79. The molecule has 1 aliphatic rings. The van der Waals surface area contributed by atoms with Gasteiger partial charge in [-0.25, -0.2) is 9.97 Å². The van der Waals surface area contributed by atoms with Gasteiger partial charge in [0.25, 0.3) is 5.91 Å². The number of rotatable bonds is 3. The van der Waals surface area contributed by atoms with Crippen molar-refractivity contribution < 1.29 is 4.79 Å². The fraction of sp³-hybridized carbons (Fsp3) is 0.381. The van der Waals surface area contributed by atoms with E-state index in [0.29, 0.717) is 18.1 Å². The van der Waals surface area contributed by atoms with Crippen molar-refractivity contribution in [2.75, 3.05) is 6.54 Å². The number of likely N-dealkylation sites (tertiary alicyclic amines) is 1. The Hall–Kier alpha value is -3.09. The molecular formula is C21H24N6O. The van der Waals surface area contributed by atoms with Gasteiger partial charge in [-0.15, -0.1) is 0 Å². The van der Waals surface area contributed by atoms with Crippen LogP contribution in [0.3, 0.4) is 0 Å². The average Bonchev–Trinajstić information content (AvgIpc) is 3.14. The van der Waals surface area contributed by atoms with E-state index in [0.717, 1.165) is 41.6 Å². The van der Waals surface area contributed by atoms with Crippen LogP contribution in [0.1, 0.15) is 52.9 Å². The lowest BCUT2D eigenvalue weighted by atomic mass is 9.92. The van der Waals surface area contributed by atoms with Gasteiger partial charge in [-0.3, -0.25) is 14.5 Å². The molecule has 0 unspecified atom stereocenters.